The second kappa shape index (κ2) is 18.9. The average Bonchev–Trinajstić information content (AvgIpc) is 3.98. The molecule has 0 saturated carbocycles. The molecule has 4 atom stereocenters. The van der Waals surface area contributed by atoms with Crippen molar-refractivity contribution in [2.24, 2.45) is 0 Å². The zero-order valence-electron chi connectivity index (χ0n) is 37.2. The van der Waals surface area contributed by atoms with Crippen molar-refractivity contribution in [2.45, 2.75) is 54.9 Å². The van der Waals surface area contributed by atoms with Crippen molar-refractivity contribution in [3.8, 4) is 11.5 Å². The fourth-order valence-electron chi connectivity index (χ4n) is 10.1. The Kier molecular flexibility index (Phi) is 12.3. The predicted molar refractivity (Wildman–Crippen MR) is 256 cm³/mol. The standard InChI is InChI=1S/C55H54N6O5/c1-63-45-30-26-41(27-31-45)54(39-18-8-3-9-19-39,40-20-10-4-11-21-40)59-51-48-52(57-37-56-51)61(38-58-48)53-49(60-34-16-7-17-35-60)50(62)47(66-53)36-65-55(42-22-12-5-13-23-42,43-24-14-6-15-25-43)44-28-32-46(64-2)33-29-44/h3-6,8-15,18-33,37-38,47,49-50,53,62H,7,16-17,34-36H2,1-2H3,(H,56,57,59)/t47-,49-,50+,53-/m1/s1. The van der Waals surface area contributed by atoms with Crippen LogP contribution < -0.4 is 14.8 Å². The highest BCUT2D eigenvalue weighted by atomic mass is 16.6. The van der Waals surface area contributed by atoms with Crippen LogP contribution in [0.4, 0.5) is 5.82 Å². The van der Waals surface area contributed by atoms with E-state index in [0.717, 1.165) is 77.2 Å². The number of ether oxygens (including phenoxy) is 4. The van der Waals surface area contributed by atoms with Gasteiger partial charge >= 0.3 is 0 Å². The van der Waals surface area contributed by atoms with Gasteiger partial charge in [-0.25, -0.2) is 15.0 Å². The Hall–Kier alpha value is -6.89. The molecule has 0 radical (unpaired) electrons. The molecule has 0 spiro atoms. The molecule has 2 fully saturated rings. The molecule has 8 aromatic rings. The summed E-state index contributed by atoms with van der Waals surface area (Å²) in [6.07, 6.45) is 4.31. The lowest BCUT2D eigenvalue weighted by Crippen LogP contribution is -2.49. The number of nitrogens with zero attached hydrogens (tertiary/aromatic N) is 5. The van der Waals surface area contributed by atoms with E-state index in [2.05, 4.69) is 70.9 Å². The Morgan fingerprint density at radius 1 is 0.606 bits per heavy atom. The van der Waals surface area contributed by atoms with Gasteiger partial charge in [0.2, 0.25) is 0 Å². The third-order valence-electron chi connectivity index (χ3n) is 13.3. The van der Waals surface area contributed by atoms with Gasteiger partial charge in [0.25, 0.3) is 0 Å². The summed E-state index contributed by atoms with van der Waals surface area (Å²) in [7, 11) is 3.34. The minimum Gasteiger partial charge on any atom is -0.497 e. The number of aromatic nitrogens is 4. The molecule has 2 N–H and O–H groups in total. The Morgan fingerprint density at radius 3 is 1.62 bits per heavy atom. The summed E-state index contributed by atoms with van der Waals surface area (Å²) in [6, 6.07) is 56.9. The maximum absolute atomic E-state index is 12.6. The molecule has 2 saturated heterocycles. The van der Waals surface area contributed by atoms with Gasteiger partial charge in [0.1, 0.15) is 41.2 Å². The highest BCUT2D eigenvalue weighted by Crippen LogP contribution is 2.45. The molecule has 2 aromatic heterocycles. The van der Waals surface area contributed by atoms with Crippen LogP contribution in [-0.2, 0) is 20.6 Å². The van der Waals surface area contributed by atoms with Gasteiger partial charge in [-0.05, 0) is 83.6 Å². The molecule has 0 unspecified atom stereocenters. The molecule has 0 amide bonds. The molecular formula is C55H54N6O5. The SMILES string of the molecule is COc1ccc(C(Nc2ncnc3c2ncn3[C@@H]2O[C@H](COC(c3ccccc3)(c3ccccc3)c3ccc(OC)cc3)[C@H](O)[C@H]2N2CCCCC2)(c2ccccc2)c2ccccc2)cc1. The van der Waals surface area contributed by atoms with Crippen LogP contribution in [0.1, 0.15) is 58.9 Å². The Morgan fingerprint density at radius 2 is 1.09 bits per heavy atom. The van der Waals surface area contributed by atoms with E-state index in [0.29, 0.717) is 17.0 Å². The summed E-state index contributed by atoms with van der Waals surface area (Å²) in [5, 5.41) is 16.5. The number of hydrogen-bond donors (Lipinski definition) is 2. The molecule has 11 heteroatoms. The van der Waals surface area contributed by atoms with Crippen molar-refractivity contribution >= 4 is 17.0 Å². The van der Waals surface area contributed by atoms with Crippen molar-refractivity contribution < 1.29 is 24.1 Å². The highest BCUT2D eigenvalue weighted by Gasteiger charge is 2.50. The molecule has 4 heterocycles. The van der Waals surface area contributed by atoms with Crippen molar-refractivity contribution in [1.29, 1.82) is 0 Å². The number of benzene rings is 6. The van der Waals surface area contributed by atoms with E-state index < -0.39 is 35.6 Å². The first kappa shape index (κ1) is 43.0. The number of imidazole rings is 1. The zero-order chi connectivity index (χ0) is 44.9. The van der Waals surface area contributed by atoms with Gasteiger partial charge in [-0.1, -0.05) is 152 Å². The maximum Gasteiger partial charge on any atom is 0.167 e. The van der Waals surface area contributed by atoms with Gasteiger partial charge in [-0.3, -0.25) is 9.47 Å². The molecule has 2 aliphatic rings. The van der Waals surface area contributed by atoms with E-state index in [4.69, 9.17) is 33.9 Å². The number of aliphatic hydroxyl groups excluding tert-OH is 1. The summed E-state index contributed by atoms with van der Waals surface area (Å²) in [5.41, 5.74) is 5.05. The summed E-state index contributed by atoms with van der Waals surface area (Å²) < 4.78 is 27.5. The first-order chi connectivity index (χ1) is 32.5. The summed E-state index contributed by atoms with van der Waals surface area (Å²) in [6.45, 7) is 1.77. The van der Waals surface area contributed by atoms with E-state index in [1.54, 1.807) is 26.9 Å². The first-order valence-corrected chi connectivity index (χ1v) is 22.7. The van der Waals surface area contributed by atoms with Crippen LogP contribution in [0.25, 0.3) is 11.2 Å². The summed E-state index contributed by atoms with van der Waals surface area (Å²) in [4.78, 5) is 17.2. The van der Waals surface area contributed by atoms with Crippen LogP contribution in [0.5, 0.6) is 11.5 Å². The largest absolute Gasteiger partial charge is 0.497 e. The number of piperidine rings is 1. The van der Waals surface area contributed by atoms with E-state index in [1.165, 1.54) is 0 Å². The van der Waals surface area contributed by atoms with Gasteiger partial charge in [0.05, 0.1) is 33.2 Å². The number of aliphatic hydroxyl groups is 1. The number of nitrogens with one attached hydrogen (secondary N) is 1. The van der Waals surface area contributed by atoms with Crippen molar-refractivity contribution in [1.82, 2.24) is 24.4 Å². The Balaban J connectivity index is 1.05. The van der Waals surface area contributed by atoms with Crippen LogP contribution >= 0.6 is 0 Å². The third-order valence-corrected chi connectivity index (χ3v) is 13.3. The lowest BCUT2D eigenvalue weighted by atomic mass is 9.77. The lowest BCUT2D eigenvalue weighted by molar-refractivity contribution is -0.0937. The number of fused-ring (bicyclic) bond motifs is 1. The highest BCUT2D eigenvalue weighted by molar-refractivity contribution is 5.84. The average molecular weight is 879 g/mol. The molecule has 0 aliphatic carbocycles. The Labute approximate surface area is 385 Å². The van der Waals surface area contributed by atoms with Crippen molar-refractivity contribution in [3.05, 3.63) is 216 Å². The molecular weight excluding hydrogens is 825 g/mol. The second-order valence-corrected chi connectivity index (χ2v) is 17.0. The second-order valence-electron chi connectivity index (χ2n) is 17.0. The summed E-state index contributed by atoms with van der Waals surface area (Å²) >= 11 is 0. The number of hydrogen-bond acceptors (Lipinski definition) is 10. The molecule has 66 heavy (non-hydrogen) atoms. The van der Waals surface area contributed by atoms with E-state index >= 15 is 0 Å². The fourth-order valence-corrected chi connectivity index (χ4v) is 10.1. The van der Waals surface area contributed by atoms with Gasteiger partial charge in [-0.2, -0.15) is 0 Å². The molecule has 10 rings (SSSR count). The van der Waals surface area contributed by atoms with E-state index in [9.17, 15) is 5.11 Å². The van der Waals surface area contributed by atoms with Gasteiger partial charge in [0, 0.05) is 0 Å². The number of rotatable bonds is 15. The maximum atomic E-state index is 12.6. The quantitative estimate of drug-likeness (QED) is 0.0966. The summed E-state index contributed by atoms with van der Waals surface area (Å²) in [5.74, 6) is 2.05. The minimum atomic E-state index is -1.04. The van der Waals surface area contributed by atoms with Crippen LogP contribution in [0, 0.1) is 0 Å². The van der Waals surface area contributed by atoms with Gasteiger partial charge < -0.3 is 29.4 Å². The van der Waals surface area contributed by atoms with Crippen molar-refractivity contribution in [2.75, 3.05) is 39.2 Å². The molecule has 0 bridgehead atoms. The third kappa shape index (κ3) is 7.87. The number of anilines is 1. The lowest BCUT2D eigenvalue weighted by Gasteiger charge is -2.37. The van der Waals surface area contributed by atoms with Gasteiger partial charge in [-0.15, -0.1) is 0 Å². The van der Waals surface area contributed by atoms with Crippen molar-refractivity contribution in [3.63, 3.8) is 0 Å². The van der Waals surface area contributed by atoms with Gasteiger partial charge in [0.15, 0.2) is 23.2 Å². The molecule has 2 aliphatic heterocycles. The zero-order valence-corrected chi connectivity index (χ0v) is 37.2. The normalized spacial score (nSPS) is 19.1. The minimum absolute atomic E-state index is 0.0881. The fraction of sp³-hybridized carbons (Fsp3) is 0.255. The topological polar surface area (TPSA) is 116 Å². The molecule has 11 nitrogen and oxygen atoms in total. The smallest absolute Gasteiger partial charge is 0.167 e. The van der Waals surface area contributed by atoms with E-state index in [1.807, 2.05) is 114 Å². The monoisotopic (exact) mass is 878 g/mol. The van der Waals surface area contributed by atoms with Crippen LogP contribution in [-0.4, -0.2) is 81.7 Å². The number of methoxy groups -OCH3 is 2. The van der Waals surface area contributed by atoms with Crippen LogP contribution in [0.15, 0.2) is 183 Å². The first-order valence-electron chi connectivity index (χ1n) is 22.7. The molecule has 334 valence electrons. The predicted octanol–water partition coefficient (Wildman–Crippen LogP) is 9.37. The number of likely N-dealkylation sites (tertiary alicyclic amines) is 1. The van der Waals surface area contributed by atoms with Crippen LogP contribution in [0.3, 0.4) is 0 Å². The molecule has 6 aromatic carbocycles. The van der Waals surface area contributed by atoms with Crippen LogP contribution in [0.2, 0.25) is 0 Å². The Bertz CT molecular complexity index is 2730. The van der Waals surface area contributed by atoms with E-state index in [-0.39, 0.29) is 6.61 Å².